The van der Waals surface area contributed by atoms with Gasteiger partial charge in [-0.3, -0.25) is 14.9 Å². The monoisotopic (exact) mass is 199 g/mol. The molecule has 0 N–H and O–H groups in total. The molecule has 0 saturated carbocycles. The fourth-order valence-corrected chi connectivity index (χ4v) is 1.23. The van der Waals surface area contributed by atoms with Crippen LogP contribution in [0.15, 0.2) is 12.1 Å². The molecule has 0 spiro atoms. The quantitative estimate of drug-likeness (QED) is 0.417. The van der Waals surface area contributed by atoms with E-state index < -0.39 is 4.92 Å². The van der Waals surface area contributed by atoms with Crippen LogP contribution >= 0.6 is 11.6 Å². The van der Waals surface area contributed by atoms with Crippen LogP contribution in [-0.2, 0) is 0 Å². The van der Waals surface area contributed by atoms with Gasteiger partial charge >= 0.3 is 0 Å². The first-order valence-corrected chi connectivity index (χ1v) is 3.83. The molecule has 13 heavy (non-hydrogen) atoms. The third kappa shape index (κ3) is 1.84. The second-order valence-electron chi connectivity index (χ2n) is 2.54. The zero-order chi connectivity index (χ0) is 10.0. The molecule has 0 atom stereocenters. The fraction of sp³-hybridized carbons (Fsp3) is 0.125. The lowest BCUT2D eigenvalue weighted by Gasteiger charge is -1.99. The summed E-state index contributed by atoms with van der Waals surface area (Å²) in [4.78, 5) is 20.2. The van der Waals surface area contributed by atoms with Gasteiger partial charge in [-0.05, 0) is 18.6 Å². The molecule has 1 rings (SSSR count). The molecule has 0 aliphatic heterocycles. The Hall–Kier alpha value is -1.42. The Morgan fingerprint density at radius 2 is 2.15 bits per heavy atom. The number of nitro groups is 1. The summed E-state index contributed by atoms with van der Waals surface area (Å²) in [5, 5.41) is 10.5. The molecule has 0 unspecified atom stereocenters. The van der Waals surface area contributed by atoms with Crippen molar-refractivity contribution in [1.29, 1.82) is 0 Å². The van der Waals surface area contributed by atoms with E-state index in [0.29, 0.717) is 11.8 Å². The van der Waals surface area contributed by atoms with Crippen molar-refractivity contribution < 1.29 is 9.72 Å². The highest BCUT2D eigenvalue weighted by atomic mass is 35.5. The van der Waals surface area contributed by atoms with Crippen molar-refractivity contribution in [3.8, 4) is 0 Å². The van der Waals surface area contributed by atoms with Crippen LogP contribution in [0.1, 0.15) is 15.9 Å². The van der Waals surface area contributed by atoms with Gasteiger partial charge in [0.15, 0.2) is 6.29 Å². The first kappa shape index (κ1) is 9.67. The molecule has 0 amide bonds. The van der Waals surface area contributed by atoms with Crippen molar-refractivity contribution in [2.75, 3.05) is 0 Å². The number of nitro benzene ring substituents is 1. The van der Waals surface area contributed by atoms with Crippen molar-refractivity contribution in [3.63, 3.8) is 0 Å². The molecule has 5 heteroatoms. The molecule has 0 aliphatic carbocycles. The predicted molar refractivity (Wildman–Crippen MR) is 48.2 cm³/mol. The molecule has 68 valence electrons. The molecule has 0 fully saturated rings. The average Bonchev–Trinajstić information content (AvgIpc) is 2.03. The number of carbonyl (C=O) groups is 1. The highest BCUT2D eigenvalue weighted by molar-refractivity contribution is 6.32. The van der Waals surface area contributed by atoms with E-state index in [9.17, 15) is 14.9 Å². The number of halogens is 1. The molecule has 4 nitrogen and oxygen atoms in total. The third-order valence-electron chi connectivity index (χ3n) is 1.66. The number of nitrogens with zero attached hydrogens (tertiary/aromatic N) is 1. The van der Waals surface area contributed by atoms with Gasteiger partial charge in [-0.1, -0.05) is 11.6 Å². The van der Waals surface area contributed by atoms with Gasteiger partial charge in [0, 0.05) is 11.6 Å². The number of aryl methyl sites for hydroxylation is 1. The van der Waals surface area contributed by atoms with Crippen molar-refractivity contribution in [2.45, 2.75) is 6.92 Å². The van der Waals surface area contributed by atoms with E-state index in [1.54, 1.807) is 6.92 Å². The van der Waals surface area contributed by atoms with E-state index in [-0.39, 0.29) is 16.3 Å². The Bertz CT molecular complexity index is 376. The van der Waals surface area contributed by atoms with E-state index in [1.165, 1.54) is 12.1 Å². The van der Waals surface area contributed by atoms with Crippen LogP contribution in [-0.4, -0.2) is 11.2 Å². The van der Waals surface area contributed by atoms with Gasteiger partial charge in [-0.15, -0.1) is 0 Å². The Kier molecular flexibility index (Phi) is 2.63. The molecule has 0 bridgehead atoms. The Balaban J connectivity index is 3.38. The first-order chi connectivity index (χ1) is 6.06. The van der Waals surface area contributed by atoms with Gasteiger partial charge in [0.25, 0.3) is 5.69 Å². The van der Waals surface area contributed by atoms with Gasteiger partial charge in [0.1, 0.15) is 5.02 Å². The van der Waals surface area contributed by atoms with Gasteiger partial charge < -0.3 is 0 Å². The van der Waals surface area contributed by atoms with E-state index in [2.05, 4.69) is 0 Å². The van der Waals surface area contributed by atoms with E-state index in [4.69, 9.17) is 11.6 Å². The van der Waals surface area contributed by atoms with Crippen molar-refractivity contribution >= 4 is 23.6 Å². The van der Waals surface area contributed by atoms with Gasteiger partial charge in [0.2, 0.25) is 0 Å². The van der Waals surface area contributed by atoms with Crippen molar-refractivity contribution in [3.05, 3.63) is 38.4 Å². The van der Waals surface area contributed by atoms with E-state index in [1.807, 2.05) is 0 Å². The van der Waals surface area contributed by atoms with E-state index in [0.717, 1.165) is 0 Å². The largest absolute Gasteiger partial charge is 0.298 e. The minimum absolute atomic E-state index is 0.0492. The molecule has 0 radical (unpaired) electrons. The lowest BCUT2D eigenvalue weighted by molar-refractivity contribution is -0.384. The van der Waals surface area contributed by atoms with Gasteiger partial charge in [-0.25, -0.2) is 0 Å². The third-order valence-corrected chi connectivity index (χ3v) is 1.96. The summed E-state index contributed by atoms with van der Waals surface area (Å²) in [5.74, 6) is 0. The summed E-state index contributed by atoms with van der Waals surface area (Å²) in [5.41, 5.74) is 0.677. The van der Waals surface area contributed by atoms with Crippen LogP contribution in [0.2, 0.25) is 5.02 Å². The van der Waals surface area contributed by atoms with Gasteiger partial charge in [-0.2, -0.15) is 0 Å². The zero-order valence-corrected chi connectivity index (χ0v) is 7.54. The minimum atomic E-state index is -0.616. The molecule has 0 saturated heterocycles. The topological polar surface area (TPSA) is 60.2 Å². The standard InChI is InChI=1S/C8H6ClNO3/c1-5-2-7(9)8(10(12)13)3-6(5)4-11/h2-4H,1H3. The second kappa shape index (κ2) is 3.53. The van der Waals surface area contributed by atoms with Gasteiger partial charge in [0.05, 0.1) is 4.92 Å². The van der Waals surface area contributed by atoms with Crippen LogP contribution in [0.25, 0.3) is 0 Å². The molecule has 1 aromatic rings. The maximum absolute atomic E-state index is 10.4. The average molecular weight is 200 g/mol. The van der Waals surface area contributed by atoms with Crippen LogP contribution in [0.4, 0.5) is 5.69 Å². The maximum Gasteiger partial charge on any atom is 0.288 e. The zero-order valence-electron chi connectivity index (χ0n) is 6.78. The fourth-order valence-electron chi connectivity index (χ4n) is 0.944. The van der Waals surface area contributed by atoms with Crippen LogP contribution < -0.4 is 0 Å². The molecule has 0 heterocycles. The summed E-state index contributed by atoms with van der Waals surface area (Å²) in [6.45, 7) is 1.67. The number of hydrogen-bond donors (Lipinski definition) is 0. The van der Waals surface area contributed by atoms with Crippen LogP contribution in [0.5, 0.6) is 0 Å². The van der Waals surface area contributed by atoms with Crippen LogP contribution in [0.3, 0.4) is 0 Å². The number of hydrogen-bond acceptors (Lipinski definition) is 3. The lowest BCUT2D eigenvalue weighted by atomic mass is 10.1. The summed E-state index contributed by atoms with van der Waals surface area (Å²) >= 11 is 5.60. The molecular weight excluding hydrogens is 194 g/mol. The smallest absolute Gasteiger partial charge is 0.288 e. The summed E-state index contributed by atoms with van der Waals surface area (Å²) < 4.78 is 0. The summed E-state index contributed by atoms with van der Waals surface area (Å²) in [7, 11) is 0. The number of aldehydes is 1. The molecule has 0 aromatic heterocycles. The normalized spacial score (nSPS) is 9.69. The number of benzene rings is 1. The number of rotatable bonds is 2. The summed E-state index contributed by atoms with van der Waals surface area (Å²) in [6.07, 6.45) is 0.568. The number of carbonyl (C=O) groups excluding carboxylic acids is 1. The molecule has 1 aromatic carbocycles. The molecular formula is C8H6ClNO3. The summed E-state index contributed by atoms with van der Waals surface area (Å²) in [6, 6.07) is 2.58. The highest BCUT2D eigenvalue weighted by Gasteiger charge is 2.14. The minimum Gasteiger partial charge on any atom is -0.298 e. The van der Waals surface area contributed by atoms with Crippen molar-refractivity contribution in [2.24, 2.45) is 0 Å². The SMILES string of the molecule is Cc1cc(Cl)c([N+](=O)[O-])cc1C=O. The van der Waals surface area contributed by atoms with E-state index >= 15 is 0 Å². The Labute approximate surface area is 79.3 Å². The Morgan fingerprint density at radius 1 is 1.54 bits per heavy atom. The predicted octanol–water partition coefficient (Wildman–Crippen LogP) is 2.37. The van der Waals surface area contributed by atoms with Crippen molar-refractivity contribution in [1.82, 2.24) is 0 Å². The maximum atomic E-state index is 10.4. The van der Waals surface area contributed by atoms with Crippen LogP contribution in [0, 0.1) is 17.0 Å². The second-order valence-corrected chi connectivity index (χ2v) is 2.94. The first-order valence-electron chi connectivity index (χ1n) is 3.46. The lowest BCUT2D eigenvalue weighted by Crippen LogP contribution is -1.93. The molecule has 0 aliphatic rings. The highest BCUT2D eigenvalue weighted by Crippen LogP contribution is 2.26. The Morgan fingerprint density at radius 3 is 2.62 bits per heavy atom.